The molecule has 2 nitrogen and oxygen atoms in total. The molecular formula is C11H19NOS. The van der Waals surface area contributed by atoms with Gasteiger partial charge in [-0.1, -0.05) is 45.4 Å². The second-order valence-electron chi connectivity index (χ2n) is 3.83. The summed E-state index contributed by atoms with van der Waals surface area (Å²) in [5.74, 6) is 0.117. The lowest BCUT2D eigenvalue weighted by atomic mass is 10.0. The Morgan fingerprint density at radius 3 is 2.64 bits per heavy atom. The highest BCUT2D eigenvalue weighted by molar-refractivity contribution is 8.13. The van der Waals surface area contributed by atoms with E-state index < -0.39 is 0 Å². The van der Waals surface area contributed by atoms with Crippen LogP contribution in [-0.4, -0.2) is 11.3 Å². The summed E-state index contributed by atoms with van der Waals surface area (Å²) >= 11 is 1.11. The molecule has 0 fully saturated rings. The van der Waals surface area contributed by atoms with Gasteiger partial charge < -0.3 is 0 Å². The van der Waals surface area contributed by atoms with Crippen molar-refractivity contribution in [2.24, 2.45) is 10.3 Å². The average molecular weight is 213 g/mol. The van der Waals surface area contributed by atoms with Gasteiger partial charge in [-0.3, -0.25) is 4.79 Å². The van der Waals surface area contributed by atoms with Crippen molar-refractivity contribution in [1.82, 2.24) is 0 Å². The number of hydrogen-bond acceptors (Lipinski definition) is 3. The molecule has 3 heteroatoms. The van der Waals surface area contributed by atoms with Crippen LogP contribution >= 0.6 is 11.9 Å². The van der Waals surface area contributed by atoms with Crippen molar-refractivity contribution in [3.8, 4) is 0 Å². The topological polar surface area (TPSA) is 29.4 Å². The first kappa shape index (κ1) is 11.8. The quantitative estimate of drug-likeness (QED) is 0.477. The van der Waals surface area contributed by atoms with Crippen LogP contribution in [0.15, 0.2) is 4.40 Å². The van der Waals surface area contributed by atoms with E-state index in [9.17, 15) is 4.79 Å². The molecule has 0 aromatic carbocycles. The minimum atomic E-state index is 0.117. The fourth-order valence-corrected chi connectivity index (χ4v) is 2.25. The number of nitrogens with zero attached hydrogens (tertiary/aromatic N) is 1. The van der Waals surface area contributed by atoms with Gasteiger partial charge in [0.15, 0.2) is 0 Å². The summed E-state index contributed by atoms with van der Waals surface area (Å²) in [4.78, 5) is 11.2. The van der Waals surface area contributed by atoms with Crippen LogP contribution in [0.25, 0.3) is 0 Å². The molecule has 0 N–H and O–H groups in total. The van der Waals surface area contributed by atoms with Gasteiger partial charge in [-0.25, -0.2) is 4.40 Å². The Hall–Kier alpha value is -0.310. The number of rotatable bonds is 7. The minimum Gasteiger partial charge on any atom is -0.285 e. The number of unbranched alkanes of at least 4 members (excludes halogenated alkanes) is 5. The molecule has 0 bridgehead atoms. The first-order valence-corrected chi connectivity index (χ1v) is 6.36. The van der Waals surface area contributed by atoms with E-state index in [4.69, 9.17) is 0 Å². The summed E-state index contributed by atoms with van der Waals surface area (Å²) in [6.45, 7) is 2.23. The van der Waals surface area contributed by atoms with Crippen molar-refractivity contribution in [3.63, 3.8) is 0 Å². The molecule has 0 aromatic heterocycles. The second-order valence-corrected chi connectivity index (χ2v) is 4.62. The van der Waals surface area contributed by atoms with Gasteiger partial charge >= 0.3 is 0 Å². The molecule has 0 amide bonds. The second kappa shape index (κ2) is 7.04. The van der Waals surface area contributed by atoms with Crippen LogP contribution in [0, 0.1) is 5.92 Å². The summed E-state index contributed by atoms with van der Waals surface area (Å²) < 4.78 is 3.92. The molecule has 0 aliphatic carbocycles. The summed E-state index contributed by atoms with van der Waals surface area (Å²) in [5, 5.41) is 0.235. The van der Waals surface area contributed by atoms with Gasteiger partial charge in [0.05, 0.1) is 5.92 Å². The SMILES string of the molecule is CCCCCCCCC1C=NSC1=O. The maximum atomic E-state index is 11.2. The van der Waals surface area contributed by atoms with Crippen molar-refractivity contribution >= 4 is 23.3 Å². The summed E-state index contributed by atoms with van der Waals surface area (Å²) in [6, 6.07) is 0. The van der Waals surface area contributed by atoms with Crippen molar-refractivity contribution in [2.75, 3.05) is 0 Å². The van der Waals surface area contributed by atoms with Crippen LogP contribution in [0.5, 0.6) is 0 Å². The summed E-state index contributed by atoms with van der Waals surface area (Å²) in [6.07, 6.45) is 10.6. The minimum absolute atomic E-state index is 0.117. The van der Waals surface area contributed by atoms with Crippen molar-refractivity contribution in [3.05, 3.63) is 0 Å². The Labute approximate surface area is 90.7 Å². The van der Waals surface area contributed by atoms with Crippen LogP contribution in [0.3, 0.4) is 0 Å². The third kappa shape index (κ3) is 4.27. The van der Waals surface area contributed by atoms with Crippen LogP contribution in [0.2, 0.25) is 0 Å². The standard InChI is InChI=1S/C11H19NOS/c1-2-3-4-5-6-7-8-10-9-12-14-11(10)13/h9-10H,2-8H2,1H3. The van der Waals surface area contributed by atoms with Crippen LogP contribution in [0.4, 0.5) is 0 Å². The molecule has 80 valence electrons. The van der Waals surface area contributed by atoms with Gasteiger partial charge in [0, 0.05) is 18.2 Å². The summed E-state index contributed by atoms with van der Waals surface area (Å²) in [5.41, 5.74) is 0. The molecule has 14 heavy (non-hydrogen) atoms. The monoisotopic (exact) mass is 213 g/mol. The van der Waals surface area contributed by atoms with Crippen LogP contribution in [-0.2, 0) is 4.79 Å². The number of hydrogen-bond donors (Lipinski definition) is 0. The van der Waals surface area contributed by atoms with E-state index in [0.717, 1.165) is 18.4 Å². The lowest BCUT2D eigenvalue weighted by molar-refractivity contribution is -0.112. The van der Waals surface area contributed by atoms with Gasteiger partial charge in [-0.05, 0) is 6.42 Å². The van der Waals surface area contributed by atoms with Crippen molar-refractivity contribution < 1.29 is 4.79 Å². The molecule has 0 saturated heterocycles. The molecule has 1 rings (SSSR count). The Bertz CT molecular complexity index is 203. The highest BCUT2D eigenvalue weighted by Gasteiger charge is 2.20. The van der Waals surface area contributed by atoms with E-state index in [2.05, 4.69) is 11.3 Å². The van der Waals surface area contributed by atoms with Crippen molar-refractivity contribution in [2.45, 2.75) is 51.9 Å². The Balaban J connectivity index is 1.93. The third-order valence-electron chi connectivity index (χ3n) is 2.55. The van der Waals surface area contributed by atoms with E-state index in [1.54, 1.807) is 6.21 Å². The van der Waals surface area contributed by atoms with Gasteiger partial charge in [0.1, 0.15) is 0 Å². The van der Waals surface area contributed by atoms with E-state index in [1.807, 2.05) is 0 Å². The first-order valence-electron chi connectivity index (χ1n) is 5.59. The van der Waals surface area contributed by atoms with E-state index in [0.29, 0.717) is 0 Å². The molecule has 0 saturated carbocycles. The number of carbonyl (C=O) groups excluding carboxylic acids is 1. The Kier molecular flexibility index (Phi) is 5.92. The molecule has 1 unspecified atom stereocenters. The van der Waals surface area contributed by atoms with Crippen molar-refractivity contribution in [1.29, 1.82) is 0 Å². The van der Waals surface area contributed by atoms with E-state index >= 15 is 0 Å². The zero-order chi connectivity index (χ0) is 10.2. The number of carbonyl (C=O) groups is 1. The molecular weight excluding hydrogens is 194 g/mol. The van der Waals surface area contributed by atoms with Crippen LogP contribution in [0.1, 0.15) is 51.9 Å². The highest BCUT2D eigenvalue weighted by atomic mass is 32.2. The zero-order valence-corrected chi connectivity index (χ0v) is 9.68. The van der Waals surface area contributed by atoms with Gasteiger partial charge in [-0.15, -0.1) is 0 Å². The Morgan fingerprint density at radius 2 is 2.00 bits per heavy atom. The van der Waals surface area contributed by atoms with Crippen LogP contribution < -0.4 is 0 Å². The first-order chi connectivity index (χ1) is 6.84. The molecule has 0 radical (unpaired) electrons. The largest absolute Gasteiger partial charge is 0.285 e. The third-order valence-corrected chi connectivity index (χ3v) is 3.26. The Morgan fingerprint density at radius 1 is 1.29 bits per heavy atom. The lowest BCUT2D eigenvalue weighted by Crippen LogP contribution is -2.06. The van der Waals surface area contributed by atoms with Gasteiger partial charge in [-0.2, -0.15) is 0 Å². The van der Waals surface area contributed by atoms with E-state index in [1.165, 1.54) is 38.5 Å². The lowest BCUT2D eigenvalue weighted by Gasteiger charge is -2.03. The molecule has 0 spiro atoms. The van der Waals surface area contributed by atoms with Gasteiger partial charge in [0.25, 0.3) is 0 Å². The maximum Gasteiger partial charge on any atom is 0.219 e. The smallest absolute Gasteiger partial charge is 0.219 e. The predicted molar refractivity (Wildman–Crippen MR) is 62.6 cm³/mol. The maximum absolute atomic E-state index is 11.2. The predicted octanol–water partition coefficient (Wildman–Crippen LogP) is 3.61. The fraction of sp³-hybridized carbons (Fsp3) is 0.818. The average Bonchev–Trinajstić information content (AvgIpc) is 2.58. The molecule has 1 aliphatic heterocycles. The van der Waals surface area contributed by atoms with E-state index in [-0.39, 0.29) is 11.0 Å². The normalized spacial score (nSPS) is 20.6. The molecule has 1 heterocycles. The highest BCUT2D eigenvalue weighted by Crippen LogP contribution is 2.23. The summed E-state index contributed by atoms with van der Waals surface area (Å²) in [7, 11) is 0. The van der Waals surface area contributed by atoms with Gasteiger partial charge in [0.2, 0.25) is 5.12 Å². The fourth-order valence-electron chi connectivity index (χ4n) is 1.62. The zero-order valence-electron chi connectivity index (χ0n) is 8.87. The molecule has 1 atom stereocenters. The molecule has 0 aromatic rings. The molecule has 1 aliphatic rings.